The Hall–Kier alpha value is -1.55. The quantitative estimate of drug-likeness (QED) is 0.883. The predicted octanol–water partition coefficient (Wildman–Crippen LogP) is 1.92. The van der Waals surface area contributed by atoms with Gasteiger partial charge in [0.05, 0.1) is 0 Å². The smallest absolute Gasteiger partial charge is 0.257 e. The molecule has 19 heavy (non-hydrogen) atoms. The van der Waals surface area contributed by atoms with Crippen molar-refractivity contribution < 1.29 is 14.3 Å². The first-order chi connectivity index (χ1) is 9.24. The molecule has 1 N–H and O–H groups in total. The molecule has 1 aromatic rings. The number of benzene rings is 1. The second-order valence-electron chi connectivity index (χ2n) is 4.96. The van der Waals surface area contributed by atoms with E-state index >= 15 is 0 Å². The molecule has 0 atom stereocenters. The summed E-state index contributed by atoms with van der Waals surface area (Å²) >= 11 is 0. The molecule has 0 unspecified atom stereocenters. The van der Waals surface area contributed by atoms with Crippen molar-refractivity contribution in [1.29, 1.82) is 0 Å². The van der Waals surface area contributed by atoms with Crippen molar-refractivity contribution in [3.63, 3.8) is 0 Å². The fraction of sp³-hybridized carbons (Fsp3) is 0.533. The van der Waals surface area contributed by atoms with Crippen molar-refractivity contribution in [1.82, 2.24) is 5.32 Å². The van der Waals surface area contributed by atoms with Crippen LogP contribution in [0, 0.1) is 12.8 Å². The summed E-state index contributed by atoms with van der Waals surface area (Å²) in [6, 6.07) is 7.69. The molecule has 0 saturated carbocycles. The van der Waals surface area contributed by atoms with Crippen LogP contribution >= 0.6 is 0 Å². The summed E-state index contributed by atoms with van der Waals surface area (Å²) in [5.74, 6) is 1.20. The zero-order chi connectivity index (χ0) is 13.5. The number of rotatable bonds is 5. The highest BCUT2D eigenvalue weighted by Crippen LogP contribution is 2.13. The standard InChI is InChI=1S/C15H21NO3/c1-12-2-4-14(5-3-12)19-11-15(17)16-10-13-6-8-18-9-7-13/h2-5,13H,6-11H2,1H3,(H,16,17). The molecule has 1 aliphatic heterocycles. The molecule has 1 aromatic carbocycles. The number of hydrogen-bond donors (Lipinski definition) is 1. The molecule has 0 aliphatic carbocycles. The molecule has 1 aliphatic rings. The molecule has 0 aromatic heterocycles. The van der Waals surface area contributed by atoms with Gasteiger partial charge in [0.1, 0.15) is 5.75 Å². The van der Waals surface area contributed by atoms with E-state index in [9.17, 15) is 4.79 Å². The Bertz CT molecular complexity index is 396. The summed E-state index contributed by atoms with van der Waals surface area (Å²) in [5.41, 5.74) is 1.18. The van der Waals surface area contributed by atoms with Gasteiger partial charge in [0.15, 0.2) is 6.61 Å². The maximum atomic E-state index is 11.7. The van der Waals surface area contributed by atoms with E-state index in [-0.39, 0.29) is 12.5 Å². The van der Waals surface area contributed by atoms with Gasteiger partial charge in [-0.15, -0.1) is 0 Å². The summed E-state index contributed by atoms with van der Waals surface area (Å²) < 4.78 is 10.7. The lowest BCUT2D eigenvalue weighted by Crippen LogP contribution is -2.35. The Morgan fingerprint density at radius 3 is 2.68 bits per heavy atom. The average molecular weight is 263 g/mol. The first kappa shape index (κ1) is 13.9. The second-order valence-corrected chi connectivity index (χ2v) is 4.96. The van der Waals surface area contributed by atoms with Crippen LogP contribution in [0.1, 0.15) is 18.4 Å². The lowest BCUT2D eigenvalue weighted by Gasteiger charge is -2.22. The van der Waals surface area contributed by atoms with Gasteiger partial charge in [0, 0.05) is 19.8 Å². The Balaban J connectivity index is 1.65. The number of carbonyl (C=O) groups excluding carboxylic acids is 1. The van der Waals surface area contributed by atoms with Gasteiger partial charge in [0.25, 0.3) is 5.91 Å². The van der Waals surface area contributed by atoms with Gasteiger partial charge < -0.3 is 14.8 Å². The number of carbonyl (C=O) groups is 1. The van der Waals surface area contributed by atoms with Crippen LogP contribution in [-0.4, -0.2) is 32.3 Å². The van der Waals surface area contributed by atoms with E-state index in [1.54, 1.807) is 0 Å². The SMILES string of the molecule is Cc1ccc(OCC(=O)NCC2CCOCC2)cc1. The first-order valence-corrected chi connectivity index (χ1v) is 6.78. The molecule has 1 heterocycles. The van der Waals surface area contributed by atoms with Crippen LogP contribution in [0.4, 0.5) is 0 Å². The van der Waals surface area contributed by atoms with Crippen molar-refractivity contribution in [2.24, 2.45) is 5.92 Å². The largest absolute Gasteiger partial charge is 0.484 e. The third kappa shape index (κ3) is 4.91. The second kappa shape index (κ2) is 7.14. The van der Waals surface area contributed by atoms with E-state index in [1.165, 1.54) is 5.56 Å². The number of amides is 1. The Kier molecular flexibility index (Phi) is 5.21. The van der Waals surface area contributed by atoms with Crippen LogP contribution in [0.15, 0.2) is 24.3 Å². The minimum absolute atomic E-state index is 0.0629. The Morgan fingerprint density at radius 1 is 1.32 bits per heavy atom. The summed E-state index contributed by atoms with van der Waals surface area (Å²) in [6.07, 6.45) is 2.05. The van der Waals surface area contributed by atoms with E-state index in [4.69, 9.17) is 9.47 Å². The van der Waals surface area contributed by atoms with Crippen molar-refractivity contribution in [3.8, 4) is 5.75 Å². The fourth-order valence-electron chi connectivity index (χ4n) is 2.04. The molecule has 1 saturated heterocycles. The first-order valence-electron chi connectivity index (χ1n) is 6.78. The molecular weight excluding hydrogens is 242 g/mol. The highest BCUT2D eigenvalue weighted by atomic mass is 16.5. The summed E-state index contributed by atoms with van der Waals surface area (Å²) in [5, 5.41) is 2.91. The number of hydrogen-bond acceptors (Lipinski definition) is 3. The van der Waals surface area contributed by atoms with Gasteiger partial charge in [-0.05, 0) is 37.8 Å². The average Bonchev–Trinajstić information content (AvgIpc) is 2.45. The normalized spacial score (nSPS) is 16.1. The van der Waals surface area contributed by atoms with E-state index in [0.717, 1.165) is 38.3 Å². The van der Waals surface area contributed by atoms with Crippen LogP contribution in [-0.2, 0) is 9.53 Å². The van der Waals surface area contributed by atoms with Crippen molar-refractivity contribution in [3.05, 3.63) is 29.8 Å². The van der Waals surface area contributed by atoms with Crippen molar-refractivity contribution in [2.45, 2.75) is 19.8 Å². The highest BCUT2D eigenvalue weighted by molar-refractivity contribution is 5.77. The minimum atomic E-state index is -0.0629. The molecule has 1 amide bonds. The topological polar surface area (TPSA) is 47.6 Å². The summed E-state index contributed by atoms with van der Waals surface area (Å²) in [7, 11) is 0. The third-order valence-corrected chi connectivity index (χ3v) is 3.32. The monoisotopic (exact) mass is 263 g/mol. The van der Waals surface area contributed by atoms with Crippen LogP contribution in [0.25, 0.3) is 0 Å². The molecular formula is C15H21NO3. The molecule has 1 fully saturated rings. The van der Waals surface area contributed by atoms with Gasteiger partial charge in [-0.2, -0.15) is 0 Å². The van der Waals surface area contributed by atoms with Crippen LogP contribution in [0.3, 0.4) is 0 Å². The van der Waals surface area contributed by atoms with Gasteiger partial charge in [-0.1, -0.05) is 17.7 Å². The number of aryl methyl sites for hydroxylation is 1. The highest BCUT2D eigenvalue weighted by Gasteiger charge is 2.14. The van der Waals surface area contributed by atoms with E-state index in [2.05, 4.69) is 5.32 Å². The minimum Gasteiger partial charge on any atom is -0.484 e. The lowest BCUT2D eigenvalue weighted by atomic mass is 10.0. The van der Waals surface area contributed by atoms with Crippen molar-refractivity contribution in [2.75, 3.05) is 26.4 Å². The Morgan fingerprint density at radius 2 is 2.00 bits per heavy atom. The molecule has 0 bridgehead atoms. The van der Waals surface area contributed by atoms with Crippen molar-refractivity contribution >= 4 is 5.91 Å². The van der Waals surface area contributed by atoms with Crippen LogP contribution in [0.2, 0.25) is 0 Å². The predicted molar refractivity (Wildman–Crippen MR) is 73.2 cm³/mol. The summed E-state index contributed by atoms with van der Waals surface area (Å²) in [6.45, 7) is 4.43. The van der Waals surface area contributed by atoms with Gasteiger partial charge in [-0.25, -0.2) is 0 Å². The zero-order valence-corrected chi connectivity index (χ0v) is 11.4. The van der Waals surface area contributed by atoms with Crippen LogP contribution in [0.5, 0.6) is 5.75 Å². The molecule has 2 rings (SSSR count). The van der Waals surface area contributed by atoms with Gasteiger partial charge in [-0.3, -0.25) is 4.79 Å². The molecule has 4 nitrogen and oxygen atoms in total. The van der Waals surface area contributed by atoms with Crippen LogP contribution < -0.4 is 10.1 Å². The van der Waals surface area contributed by atoms with E-state index < -0.39 is 0 Å². The fourth-order valence-corrected chi connectivity index (χ4v) is 2.04. The van der Waals surface area contributed by atoms with E-state index in [0.29, 0.717) is 5.92 Å². The molecule has 4 heteroatoms. The lowest BCUT2D eigenvalue weighted by molar-refractivity contribution is -0.123. The maximum absolute atomic E-state index is 11.7. The third-order valence-electron chi connectivity index (χ3n) is 3.32. The van der Waals surface area contributed by atoms with Gasteiger partial charge >= 0.3 is 0 Å². The molecule has 0 radical (unpaired) electrons. The van der Waals surface area contributed by atoms with Gasteiger partial charge in [0.2, 0.25) is 0 Å². The Labute approximate surface area is 114 Å². The maximum Gasteiger partial charge on any atom is 0.257 e. The summed E-state index contributed by atoms with van der Waals surface area (Å²) in [4.78, 5) is 11.7. The number of ether oxygens (including phenoxy) is 2. The number of nitrogens with one attached hydrogen (secondary N) is 1. The molecule has 104 valence electrons. The molecule has 0 spiro atoms. The van der Waals surface area contributed by atoms with E-state index in [1.807, 2.05) is 31.2 Å². The zero-order valence-electron chi connectivity index (χ0n) is 11.4.